The highest BCUT2D eigenvalue weighted by Gasteiger charge is 2.34. The molecule has 27 heavy (non-hydrogen) atoms. The van der Waals surface area contributed by atoms with Gasteiger partial charge in [0.15, 0.2) is 0 Å². The van der Waals surface area contributed by atoms with Crippen LogP contribution in [-0.4, -0.2) is 16.7 Å². The quantitative estimate of drug-likeness (QED) is 0.425. The van der Waals surface area contributed by atoms with E-state index in [4.69, 9.17) is 0 Å². The lowest BCUT2D eigenvalue weighted by Crippen LogP contribution is -2.48. The molecule has 3 heterocycles. The van der Waals surface area contributed by atoms with Crippen molar-refractivity contribution in [3.63, 3.8) is 0 Å². The molecule has 128 valence electrons. The predicted molar refractivity (Wildman–Crippen MR) is 116 cm³/mol. The Bertz CT molecular complexity index is 1260. The van der Waals surface area contributed by atoms with E-state index in [1.807, 2.05) is 0 Å². The molecule has 0 fully saturated rings. The number of benzene rings is 3. The summed E-state index contributed by atoms with van der Waals surface area (Å²) in [6.07, 6.45) is 0. The summed E-state index contributed by atoms with van der Waals surface area (Å²) in [5.74, 6) is 0. The SMILES string of the molecule is Cc1cc2cc3c(cc2[nH]1)B(c1ccccc1)c1cc2[nH]c(C)cc2cc1-3. The molecule has 6 rings (SSSR count). The zero-order valence-corrected chi connectivity index (χ0v) is 15.4. The van der Waals surface area contributed by atoms with Crippen LogP contribution < -0.4 is 16.4 Å². The number of nitrogens with one attached hydrogen (secondary N) is 2. The molecular formula is C24H19BN2. The van der Waals surface area contributed by atoms with E-state index in [9.17, 15) is 0 Å². The van der Waals surface area contributed by atoms with Crippen LogP contribution in [0.4, 0.5) is 0 Å². The van der Waals surface area contributed by atoms with Gasteiger partial charge in [-0.25, -0.2) is 0 Å². The maximum absolute atomic E-state index is 3.52. The van der Waals surface area contributed by atoms with E-state index in [1.165, 1.54) is 60.7 Å². The third kappa shape index (κ3) is 2.09. The number of H-pyrrole nitrogens is 2. The maximum Gasteiger partial charge on any atom is 0.243 e. The Morgan fingerprint density at radius 2 is 1.15 bits per heavy atom. The Kier molecular flexibility index (Phi) is 2.86. The molecule has 5 aromatic rings. The van der Waals surface area contributed by atoms with Gasteiger partial charge in [0, 0.05) is 33.2 Å². The fourth-order valence-electron chi connectivity index (χ4n) is 4.80. The topological polar surface area (TPSA) is 31.6 Å². The van der Waals surface area contributed by atoms with E-state index in [1.54, 1.807) is 0 Å². The molecule has 1 aliphatic rings. The van der Waals surface area contributed by atoms with Crippen molar-refractivity contribution in [3.05, 3.63) is 78.1 Å². The predicted octanol–water partition coefficient (Wildman–Crippen LogP) is 3.76. The third-order valence-corrected chi connectivity index (χ3v) is 5.90. The minimum atomic E-state index is 0.275. The maximum atomic E-state index is 3.52. The Morgan fingerprint density at radius 3 is 1.67 bits per heavy atom. The number of hydrogen-bond donors (Lipinski definition) is 2. The lowest BCUT2D eigenvalue weighted by molar-refractivity contribution is 1.30. The highest BCUT2D eigenvalue weighted by Crippen LogP contribution is 2.30. The van der Waals surface area contributed by atoms with Crippen molar-refractivity contribution in [2.75, 3.05) is 0 Å². The van der Waals surface area contributed by atoms with Crippen LogP contribution in [-0.2, 0) is 0 Å². The van der Waals surface area contributed by atoms with Crippen LogP contribution >= 0.6 is 0 Å². The summed E-state index contributed by atoms with van der Waals surface area (Å²) in [6.45, 7) is 4.52. The lowest BCUT2D eigenvalue weighted by Gasteiger charge is -2.11. The van der Waals surface area contributed by atoms with E-state index >= 15 is 0 Å². The second-order valence-corrected chi connectivity index (χ2v) is 7.80. The van der Waals surface area contributed by atoms with Gasteiger partial charge in [-0.1, -0.05) is 46.7 Å². The van der Waals surface area contributed by atoms with Crippen molar-refractivity contribution in [2.45, 2.75) is 13.8 Å². The normalized spacial score (nSPS) is 12.7. The molecule has 2 N–H and O–H groups in total. The monoisotopic (exact) mass is 346 g/mol. The summed E-state index contributed by atoms with van der Waals surface area (Å²) in [6, 6.07) is 24.8. The zero-order valence-electron chi connectivity index (χ0n) is 15.4. The highest BCUT2D eigenvalue weighted by molar-refractivity contribution is 6.99. The Balaban J connectivity index is 1.72. The first-order chi connectivity index (χ1) is 13.2. The van der Waals surface area contributed by atoms with Gasteiger partial charge in [0.25, 0.3) is 0 Å². The zero-order chi connectivity index (χ0) is 18.1. The summed E-state index contributed by atoms with van der Waals surface area (Å²) in [5, 5.41) is 2.58. The van der Waals surface area contributed by atoms with Crippen molar-refractivity contribution in [3.8, 4) is 11.1 Å². The summed E-state index contributed by atoms with van der Waals surface area (Å²) in [5.41, 5.74) is 11.7. The van der Waals surface area contributed by atoms with Gasteiger partial charge < -0.3 is 9.97 Å². The van der Waals surface area contributed by atoms with Crippen LogP contribution in [0.15, 0.2) is 66.7 Å². The molecule has 0 unspecified atom stereocenters. The number of hydrogen-bond acceptors (Lipinski definition) is 0. The molecule has 3 heteroatoms. The molecular weight excluding hydrogens is 327 g/mol. The van der Waals surface area contributed by atoms with Crippen molar-refractivity contribution in [2.24, 2.45) is 0 Å². The fourth-order valence-corrected chi connectivity index (χ4v) is 4.80. The molecule has 0 bridgehead atoms. The van der Waals surface area contributed by atoms with Crippen molar-refractivity contribution >= 4 is 44.9 Å². The first kappa shape index (κ1) is 14.9. The molecule has 0 spiro atoms. The van der Waals surface area contributed by atoms with Crippen LogP contribution in [0.1, 0.15) is 11.4 Å². The van der Waals surface area contributed by atoms with Gasteiger partial charge in [0.2, 0.25) is 6.71 Å². The van der Waals surface area contributed by atoms with E-state index in [2.05, 4.69) is 90.5 Å². The molecule has 3 aromatic carbocycles. The van der Waals surface area contributed by atoms with Gasteiger partial charge in [0.05, 0.1) is 0 Å². The van der Waals surface area contributed by atoms with E-state index in [0.29, 0.717) is 0 Å². The van der Waals surface area contributed by atoms with Crippen LogP contribution in [0.2, 0.25) is 0 Å². The third-order valence-electron chi connectivity index (χ3n) is 5.90. The molecule has 0 amide bonds. The average molecular weight is 346 g/mol. The van der Waals surface area contributed by atoms with E-state index in [-0.39, 0.29) is 6.71 Å². The molecule has 0 radical (unpaired) electrons. The molecule has 0 atom stereocenters. The largest absolute Gasteiger partial charge is 0.359 e. The number of fused-ring (bicyclic) bond motifs is 5. The van der Waals surface area contributed by atoms with Crippen LogP contribution in [0.3, 0.4) is 0 Å². The van der Waals surface area contributed by atoms with Gasteiger partial charge in [-0.2, -0.15) is 0 Å². The van der Waals surface area contributed by atoms with Crippen LogP contribution in [0.5, 0.6) is 0 Å². The average Bonchev–Trinajstić information content (AvgIpc) is 3.29. The number of aryl methyl sites for hydroxylation is 2. The van der Waals surface area contributed by atoms with Crippen LogP contribution in [0.25, 0.3) is 32.9 Å². The van der Waals surface area contributed by atoms with Gasteiger partial charge >= 0.3 is 0 Å². The molecule has 0 saturated carbocycles. The Labute approximate surface area is 158 Å². The molecule has 2 aromatic heterocycles. The van der Waals surface area contributed by atoms with Gasteiger partial charge in [-0.15, -0.1) is 0 Å². The highest BCUT2D eigenvalue weighted by atomic mass is 14.7. The van der Waals surface area contributed by atoms with Crippen molar-refractivity contribution < 1.29 is 0 Å². The van der Waals surface area contributed by atoms with Crippen LogP contribution in [0, 0.1) is 13.8 Å². The van der Waals surface area contributed by atoms with E-state index < -0.39 is 0 Å². The standard InChI is InChI=1S/C24H19BN2/c1-14-8-16-10-19-20-11-17-9-15(2)27-24(17)13-22(20)25(18-6-4-3-5-7-18)21(19)12-23(16)26-14/h3-13,26-27H,1-2H3. The summed E-state index contributed by atoms with van der Waals surface area (Å²) >= 11 is 0. The molecule has 2 nitrogen and oxygen atoms in total. The number of aromatic nitrogens is 2. The Hall–Kier alpha value is -3.20. The minimum Gasteiger partial charge on any atom is -0.359 e. The first-order valence-electron chi connectivity index (χ1n) is 9.49. The van der Waals surface area contributed by atoms with E-state index in [0.717, 1.165) is 0 Å². The lowest BCUT2D eigenvalue weighted by atomic mass is 9.39. The van der Waals surface area contributed by atoms with Gasteiger partial charge in [-0.05, 0) is 61.4 Å². The molecule has 0 aliphatic carbocycles. The number of aromatic amines is 2. The molecule has 0 saturated heterocycles. The number of rotatable bonds is 1. The molecule has 1 aliphatic heterocycles. The van der Waals surface area contributed by atoms with Crippen molar-refractivity contribution in [1.82, 2.24) is 9.97 Å². The Morgan fingerprint density at radius 1 is 0.630 bits per heavy atom. The summed E-state index contributed by atoms with van der Waals surface area (Å²) in [7, 11) is 0. The second-order valence-electron chi connectivity index (χ2n) is 7.80. The van der Waals surface area contributed by atoms with Gasteiger partial charge in [0.1, 0.15) is 0 Å². The second kappa shape index (κ2) is 5.17. The van der Waals surface area contributed by atoms with Crippen molar-refractivity contribution in [1.29, 1.82) is 0 Å². The fraction of sp³-hybridized carbons (Fsp3) is 0.0833. The first-order valence-corrected chi connectivity index (χ1v) is 9.49. The minimum absolute atomic E-state index is 0.275. The smallest absolute Gasteiger partial charge is 0.243 e. The summed E-state index contributed by atoms with van der Waals surface area (Å²) < 4.78 is 0. The van der Waals surface area contributed by atoms with Gasteiger partial charge in [-0.3, -0.25) is 0 Å². The summed E-state index contributed by atoms with van der Waals surface area (Å²) in [4.78, 5) is 7.03.